The van der Waals surface area contributed by atoms with E-state index < -0.39 is 27.0 Å². The van der Waals surface area contributed by atoms with Gasteiger partial charge >= 0.3 is 41.5 Å². The Bertz CT molecular complexity index is 1080. The average Bonchev–Trinajstić information content (AvgIpc) is 3.00. The average molecular weight is 657 g/mol. The third-order valence-electron chi connectivity index (χ3n) is 7.71. The van der Waals surface area contributed by atoms with Gasteiger partial charge in [-0.3, -0.25) is 0 Å². The van der Waals surface area contributed by atoms with Gasteiger partial charge < -0.3 is 14.0 Å². The van der Waals surface area contributed by atoms with Crippen LogP contribution in [0, 0.1) is 0 Å². The van der Waals surface area contributed by atoms with Crippen LogP contribution in [0.2, 0.25) is 0 Å². The molecule has 250 valence electrons. The largest absolute Gasteiger partial charge is 1.00 e. The molecule has 1 aromatic carbocycles. The molecule has 0 radical (unpaired) electrons. The predicted octanol–water partition coefficient (Wildman–Crippen LogP) is 7.56. The van der Waals surface area contributed by atoms with Gasteiger partial charge in [0, 0.05) is 0 Å². The van der Waals surface area contributed by atoms with Crippen LogP contribution in [0.4, 0.5) is 0 Å². The number of unbranched alkanes of at least 4 members (excludes halogenated alkanes) is 20. The molecule has 0 spiro atoms. The molecule has 0 aromatic heterocycles. The number of benzene rings is 1. The Labute approximate surface area is 296 Å². The third-order valence-corrected chi connectivity index (χ3v) is 8.54. The van der Waals surface area contributed by atoms with Gasteiger partial charge in [0.2, 0.25) is 0 Å². The minimum atomic E-state index is -4.83. The maximum absolute atomic E-state index is 12.7. The van der Waals surface area contributed by atoms with Gasteiger partial charge in [0.05, 0.1) is 28.5 Å². The van der Waals surface area contributed by atoms with Crippen LogP contribution in [0.25, 0.3) is 0 Å². The van der Waals surface area contributed by atoms with Crippen molar-refractivity contribution in [2.45, 2.75) is 160 Å². The first-order valence-corrected chi connectivity index (χ1v) is 18.5. The summed E-state index contributed by atoms with van der Waals surface area (Å²) in [5.41, 5.74) is -0.507. The normalized spacial score (nSPS) is 11.6. The van der Waals surface area contributed by atoms with Crippen molar-refractivity contribution in [1.82, 2.24) is 0 Å². The second-order valence-electron chi connectivity index (χ2n) is 11.7. The molecular weight excluding hydrogens is 599 g/mol. The Morgan fingerprint density at radius 1 is 0.600 bits per heavy atom. The molecule has 0 aliphatic carbocycles. The van der Waals surface area contributed by atoms with E-state index in [1.165, 1.54) is 115 Å². The van der Waals surface area contributed by atoms with Gasteiger partial charge in [-0.1, -0.05) is 129 Å². The molecule has 0 saturated carbocycles. The summed E-state index contributed by atoms with van der Waals surface area (Å²) in [6.45, 7) is 4.45. The van der Waals surface area contributed by atoms with Crippen molar-refractivity contribution in [2.24, 2.45) is 0 Å². The smallest absolute Gasteiger partial charge is 0.744 e. The molecule has 9 heteroatoms. The van der Waals surface area contributed by atoms with Gasteiger partial charge in [0.15, 0.2) is 0 Å². The maximum atomic E-state index is 12.7. The summed E-state index contributed by atoms with van der Waals surface area (Å²) in [5.74, 6) is -1.77. The second kappa shape index (κ2) is 28.7. The maximum Gasteiger partial charge on any atom is 1.00 e. The van der Waals surface area contributed by atoms with Crippen molar-refractivity contribution in [3.05, 3.63) is 54.0 Å². The van der Waals surface area contributed by atoms with Crippen LogP contribution < -0.4 is 29.6 Å². The zero-order valence-corrected chi connectivity index (χ0v) is 31.2. The van der Waals surface area contributed by atoms with Gasteiger partial charge in [0.1, 0.15) is 10.1 Å². The van der Waals surface area contributed by atoms with Crippen molar-refractivity contribution >= 4 is 22.1 Å². The van der Waals surface area contributed by atoms with Gasteiger partial charge in [-0.25, -0.2) is 18.0 Å². The summed E-state index contributed by atoms with van der Waals surface area (Å²) >= 11 is 0. The molecular formula is C36H57NaO7S. The zero-order chi connectivity index (χ0) is 32.3. The standard InChI is InChI=1S/C36H58O7S.Na/c1-3-5-7-9-11-13-15-17-19-21-23-25-29-42-35(37)33-28-27-32(44(39,40)41)31-34(33)36(38)43-30-26-24-22-20-18-16-14-12-10-8-6-4-2;/h25-31H,3-24H2,1-2H3,(H,39,40,41);/q;+1/p-1/b29-25+,30-26+;. The molecule has 0 bridgehead atoms. The number of rotatable bonds is 27. The van der Waals surface area contributed by atoms with Crippen LogP contribution >= 0.6 is 0 Å². The fourth-order valence-corrected chi connectivity index (χ4v) is 5.50. The van der Waals surface area contributed by atoms with Crippen LogP contribution in [-0.4, -0.2) is 24.9 Å². The van der Waals surface area contributed by atoms with Gasteiger partial charge in [-0.15, -0.1) is 0 Å². The number of ether oxygens (including phenoxy) is 2. The van der Waals surface area contributed by atoms with Crippen LogP contribution in [0.1, 0.15) is 176 Å². The first-order valence-electron chi connectivity index (χ1n) is 17.1. The van der Waals surface area contributed by atoms with Gasteiger partial charge in [-0.2, -0.15) is 0 Å². The van der Waals surface area contributed by atoms with Crippen molar-refractivity contribution < 1.29 is 61.6 Å². The van der Waals surface area contributed by atoms with Crippen molar-refractivity contribution in [1.29, 1.82) is 0 Å². The molecule has 0 heterocycles. The SMILES string of the molecule is CCCCCCCCCCCC/C=C/OC(=O)c1ccc(S(=O)(=O)[O-])cc1C(=O)O/C=C/CCCCCCCCCCCC.[Na+]. The van der Waals surface area contributed by atoms with Crippen LogP contribution in [-0.2, 0) is 19.6 Å². The summed E-state index contributed by atoms with van der Waals surface area (Å²) in [7, 11) is -4.83. The fraction of sp³-hybridized carbons (Fsp3) is 0.667. The first kappa shape index (κ1) is 43.5. The van der Waals surface area contributed by atoms with E-state index >= 15 is 0 Å². The van der Waals surface area contributed by atoms with E-state index in [0.29, 0.717) is 0 Å². The molecule has 1 rings (SSSR count). The van der Waals surface area contributed by atoms with Crippen molar-refractivity contribution in [2.75, 3.05) is 0 Å². The monoisotopic (exact) mass is 656 g/mol. The molecule has 0 N–H and O–H groups in total. The quantitative estimate of drug-likeness (QED) is 0.0316. The Balaban J connectivity index is 0.0000194. The third kappa shape index (κ3) is 22.7. The van der Waals surface area contributed by atoms with E-state index in [4.69, 9.17) is 9.47 Å². The minimum absolute atomic E-state index is 0. The fourth-order valence-electron chi connectivity index (χ4n) is 5.01. The van der Waals surface area contributed by atoms with Crippen molar-refractivity contribution in [3.8, 4) is 0 Å². The van der Waals surface area contributed by atoms with E-state index in [1.54, 1.807) is 12.2 Å². The minimum Gasteiger partial charge on any atom is -0.744 e. The van der Waals surface area contributed by atoms with Crippen LogP contribution in [0.3, 0.4) is 0 Å². The molecule has 7 nitrogen and oxygen atoms in total. The molecule has 0 saturated heterocycles. The number of carbonyl (C=O) groups excluding carboxylic acids is 2. The molecule has 0 aliphatic rings. The van der Waals surface area contributed by atoms with Crippen LogP contribution in [0.5, 0.6) is 0 Å². The summed E-state index contributed by atoms with van der Waals surface area (Å²) in [5, 5.41) is 0. The topological polar surface area (TPSA) is 110 Å². The molecule has 0 atom stereocenters. The number of allylic oxidation sites excluding steroid dienone is 2. The van der Waals surface area contributed by atoms with Gasteiger partial charge in [0.25, 0.3) is 0 Å². The van der Waals surface area contributed by atoms with E-state index in [1.807, 2.05) is 0 Å². The molecule has 45 heavy (non-hydrogen) atoms. The van der Waals surface area contributed by atoms with Gasteiger partial charge in [-0.05, 0) is 56.0 Å². The van der Waals surface area contributed by atoms with E-state index in [9.17, 15) is 22.6 Å². The Morgan fingerprint density at radius 3 is 1.33 bits per heavy atom. The summed E-state index contributed by atoms with van der Waals surface area (Å²) in [6.07, 6.45) is 32.2. The summed E-state index contributed by atoms with van der Waals surface area (Å²) < 4.78 is 44.9. The number of hydrogen-bond donors (Lipinski definition) is 0. The Hall–Kier alpha value is -1.45. The number of carbonyl (C=O) groups is 2. The Morgan fingerprint density at radius 2 is 0.956 bits per heavy atom. The molecule has 0 amide bonds. The molecule has 0 fully saturated rings. The predicted molar refractivity (Wildman–Crippen MR) is 176 cm³/mol. The molecule has 0 unspecified atom stereocenters. The number of esters is 2. The van der Waals surface area contributed by atoms with E-state index in [2.05, 4.69) is 13.8 Å². The summed E-state index contributed by atoms with van der Waals surface area (Å²) in [4.78, 5) is 24.8. The van der Waals surface area contributed by atoms with E-state index in [0.717, 1.165) is 56.7 Å². The molecule has 1 aromatic rings. The van der Waals surface area contributed by atoms with E-state index in [-0.39, 0.29) is 40.7 Å². The summed E-state index contributed by atoms with van der Waals surface area (Å²) in [6, 6.07) is 2.96. The number of hydrogen-bond acceptors (Lipinski definition) is 7. The van der Waals surface area contributed by atoms with Crippen LogP contribution in [0.15, 0.2) is 47.8 Å². The Kier molecular flexibility index (Phi) is 27.8. The molecule has 0 aliphatic heterocycles. The zero-order valence-electron chi connectivity index (χ0n) is 28.4. The second-order valence-corrected chi connectivity index (χ2v) is 13.0. The van der Waals surface area contributed by atoms with Crippen molar-refractivity contribution in [3.63, 3.8) is 0 Å². The first-order chi connectivity index (χ1) is 21.3.